The van der Waals surface area contributed by atoms with Gasteiger partial charge in [-0.15, -0.1) is 0 Å². The maximum atomic E-state index is 10.0. The SMILES string of the molecule is COC1C(O[C@@H]2OC(CO)[C@@H](O)C(O)C2O)OC(CO)[C@@H](O)[C@@H]1O. The average molecular weight is 356 g/mol. The van der Waals surface area contributed by atoms with E-state index in [4.69, 9.17) is 24.1 Å². The molecule has 0 radical (unpaired) electrons. The number of hydrogen-bond donors (Lipinski definition) is 7. The molecule has 6 unspecified atom stereocenters. The second kappa shape index (κ2) is 8.29. The van der Waals surface area contributed by atoms with Crippen LogP contribution in [-0.4, -0.2) is 117 Å². The van der Waals surface area contributed by atoms with Gasteiger partial charge in [-0.2, -0.15) is 0 Å². The lowest BCUT2D eigenvalue weighted by molar-refractivity contribution is -0.378. The van der Waals surface area contributed by atoms with E-state index in [0.29, 0.717) is 0 Å². The minimum Gasteiger partial charge on any atom is -0.394 e. The summed E-state index contributed by atoms with van der Waals surface area (Å²) in [6, 6.07) is 0. The fraction of sp³-hybridized carbons (Fsp3) is 1.00. The summed E-state index contributed by atoms with van der Waals surface area (Å²) in [6.07, 6.45) is -14.1. The molecular weight excluding hydrogens is 332 g/mol. The molecule has 142 valence electrons. The lowest BCUT2D eigenvalue weighted by Gasteiger charge is -2.45. The third kappa shape index (κ3) is 3.71. The van der Waals surface area contributed by atoms with E-state index in [-0.39, 0.29) is 0 Å². The molecule has 2 heterocycles. The highest BCUT2D eigenvalue weighted by molar-refractivity contribution is 4.92. The van der Waals surface area contributed by atoms with Crippen LogP contribution in [0, 0.1) is 0 Å². The maximum Gasteiger partial charge on any atom is 0.190 e. The molecule has 2 aliphatic heterocycles. The van der Waals surface area contributed by atoms with E-state index >= 15 is 0 Å². The topological polar surface area (TPSA) is 179 Å². The lowest BCUT2D eigenvalue weighted by atomic mass is 9.98. The molecule has 11 nitrogen and oxygen atoms in total. The van der Waals surface area contributed by atoms with Gasteiger partial charge in [-0.05, 0) is 0 Å². The fourth-order valence-electron chi connectivity index (χ4n) is 2.73. The van der Waals surface area contributed by atoms with Crippen molar-refractivity contribution < 1.29 is 54.7 Å². The number of ether oxygens (including phenoxy) is 4. The number of hydrogen-bond acceptors (Lipinski definition) is 11. The molecule has 0 aromatic heterocycles. The predicted octanol–water partition coefficient (Wildman–Crippen LogP) is -4.74. The second-order valence-corrected chi connectivity index (χ2v) is 5.74. The van der Waals surface area contributed by atoms with Gasteiger partial charge in [-0.3, -0.25) is 0 Å². The molecule has 2 fully saturated rings. The van der Waals surface area contributed by atoms with E-state index in [2.05, 4.69) is 0 Å². The van der Waals surface area contributed by atoms with E-state index in [9.17, 15) is 30.6 Å². The second-order valence-electron chi connectivity index (χ2n) is 5.74. The Morgan fingerprint density at radius 3 is 1.71 bits per heavy atom. The van der Waals surface area contributed by atoms with Gasteiger partial charge in [-0.25, -0.2) is 0 Å². The first kappa shape index (κ1) is 19.9. The lowest BCUT2D eigenvalue weighted by Crippen LogP contribution is -2.64. The molecule has 2 aliphatic rings. The summed E-state index contributed by atoms with van der Waals surface area (Å²) < 4.78 is 20.9. The number of rotatable bonds is 5. The van der Waals surface area contributed by atoms with Crippen molar-refractivity contribution in [1.82, 2.24) is 0 Å². The van der Waals surface area contributed by atoms with Crippen molar-refractivity contribution in [3.05, 3.63) is 0 Å². The molecule has 0 amide bonds. The smallest absolute Gasteiger partial charge is 0.190 e. The van der Waals surface area contributed by atoms with Gasteiger partial charge in [0.1, 0.15) is 48.8 Å². The van der Waals surface area contributed by atoms with Crippen LogP contribution in [0.15, 0.2) is 0 Å². The maximum absolute atomic E-state index is 10.0. The third-order valence-corrected chi connectivity index (χ3v) is 4.21. The Labute approximate surface area is 137 Å². The van der Waals surface area contributed by atoms with Gasteiger partial charge in [0.25, 0.3) is 0 Å². The quantitative estimate of drug-likeness (QED) is 0.251. The minimum atomic E-state index is -1.67. The predicted molar refractivity (Wildman–Crippen MR) is 73.4 cm³/mol. The molecule has 0 saturated carbocycles. The van der Waals surface area contributed by atoms with Crippen molar-refractivity contribution in [2.45, 2.75) is 61.4 Å². The van der Waals surface area contributed by atoms with Crippen molar-refractivity contribution >= 4 is 0 Å². The number of aliphatic hydroxyl groups excluding tert-OH is 7. The van der Waals surface area contributed by atoms with Crippen LogP contribution in [0.2, 0.25) is 0 Å². The van der Waals surface area contributed by atoms with Crippen LogP contribution in [0.25, 0.3) is 0 Å². The summed E-state index contributed by atoms with van der Waals surface area (Å²) in [7, 11) is 1.23. The van der Waals surface area contributed by atoms with Gasteiger partial charge in [0.05, 0.1) is 13.2 Å². The highest BCUT2D eigenvalue weighted by atomic mass is 16.8. The van der Waals surface area contributed by atoms with Crippen LogP contribution in [0.4, 0.5) is 0 Å². The largest absolute Gasteiger partial charge is 0.394 e. The zero-order valence-electron chi connectivity index (χ0n) is 13.0. The Bertz CT molecular complexity index is 394. The summed E-state index contributed by atoms with van der Waals surface area (Å²) in [5, 5.41) is 67.6. The summed E-state index contributed by atoms with van der Waals surface area (Å²) in [6.45, 7) is -1.24. The van der Waals surface area contributed by atoms with E-state index in [1.165, 1.54) is 7.11 Å². The Kier molecular flexibility index (Phi) is 6.87. The molecule has 0 aromatic rings. The van der Waals surface area contributed by atoms with Gasteiger partial charge in [0, 0.05) is 7.11 Å². The van der Waals surface area contributed by atoms with Crippen LogP contribution >= 0.6 is 0 Å². The molecule has 11 heteroatoms. The summed E-state index contributed by atoms with van der Waals surface area (Å²) in [5.41, 5.74) is 0. The van der Waals surface area contributed by atoms with Gasteiger partial charge in [0.2, 0.25) is 0 Å². The van der Waals surface area contributed by atoms with Gasteiger partial charge < -0.3 is 54.7 Å². The molecule has 7 N–H and O–H groups in total. The highest BCUT2D eigenvalue weighted by Crippen LogP contribution is 2.28. The normalized spacial score (nSPS) is 50.0. The van der Waals surface area contributed by atoms with Crippen LogP contribution < -0.4 is 0 Å². The molecule has 2 rings (SSSR count). The molecule has 0 bridgehead atoms. The first-order chi connectivity index (χ1) is 11.3. The average Bonchev–Trinajstić information content (AvgIpc) is 2.58. The van der Waals surface area contributed by atoms with Crippen molar-refractivity contribution in [3.8, 4) is 0 Å². The summed E-state index contributed by atoms with van der Waals surface area (Å²) >= 11 is 0. The monoisotopic (exact) mass is 356 g/mol. The number of aliphatic hydroxyl groups is 7. The van der Waals surface area contributed by atoms with Crippen LogP contribution in [0.5, 0.6) is 0 Å². The van der Waals surface area contributed by atoms with Gasteiger partial charge in [-0.1, -0.05) is 0 Å². The third-order valence-electron chi connectivity index (χ3n) is 4.21. The first-order valence-corrected chi connectivity index (χ1v) is 7.46. The first-order valence-electron chi connectivity index (χ1n) is 7.46. The molecular formula is C13H24O11. The van der Waals surface area contributed by atoms with Crippen LogP contribution in [0.3, 0.4) is 0 Å². The van der Waals surface area contributed by atoms with Crippen molar-refractivity contribution in [2.24, 2.45) is 0 Å². The van der Waals surface area contributed by atoms with Crippen LogP contribution in [-0.2, 0) is 18.9 Å². The van der Waals surface area contributed by atoms with Crippen molar-refractivity contribution in [1.29, 1.82) is 0 Å². The Hall–Kier alpha value is -0.440. The Balaban J connectivity index is 2.12. The molecule has 24 heavy (non-hydrogen) atoms. The molecule has 0 aromatic carbocycles. The van der Waals surface area contributed by atoms with Crippen molar-refractivity contribution in [2.75, 3.05) is 20.3 Å². The van der Waals surface area contributed by atoms with Gasteiger partial charge in [0.15, 0.2) is 12.6 Å². The Morgan fingerprint density at radius 2 is 1.21 bits per heavy atom. The van der Waals surface area contributed by atoms with E-state index in [0.717, 1.165) is 0 Å². The van der Waals surface area contributed by atoms with E-state index in [1.807, 2.05) is 0 Å². The molecule has 10 atom stereocenters. The molecule has 2 saturated heterocycles. The standard InChI is InChI=1S/C13H24O11/c1-21-11-9(19)7(17)5(3-15)23-13(11)24-12-10(20)8(18)6(16)4(2-14)22-12/h4-20H,2-3H2,1H3/t4?,5?,6-,7-,8?,9+,10?,11?,12+,13?/m1/s1. The highest BCUT2D eigenvalue weighted by Gasteiger charge is 2.50. The molecule has 0 spiro atoms. The zero-order chi connectivity index (χ0) is 18.0. The zero-order valence-corrected chi connectivity index (χ0v) is 13.0. The van der Waals surface area contributed by atoms with Gasteiger partial charge >= 0.3 is 0 Å². The molecule has 0 aliphatic carbocycles. The summed E-state index contributed by atoms with van der Waals surface area (Å²) in [5.74, 6) is 0. The van der Waals surface area contributed by atoms with E-state index < -0.39 is 74.6 Å². The fourth-order valence-corrected chi connectivity index (χ4v) is 2.73. The van der Waals surface area contributed by atoms with Crippen molar-refractivity contribution in [3.63, 3.8) is 0 Å². The number of methoxy groups -OCH3 is 1. The summed E-state index contributed by atoms with van der Waals surface area (Å²) in [4.78, 5) is 0. The minimum absolute atomic E-state index is 0.608. The Morgan fingerprint density at radius 1 is 0.708 bits per heavy atom. The van der Waals surface area contributed by atoms with Crippen LogP contribution in [0.1, 0.15) is 0 Å². The van der Waals surface area contributed by atoms with E-state index in [1.54, 1.807) is 0 Å².